The number of esters is 1. The van der Waals surface area contributed by atoms with Gasteiger partial charge in [0, 0.05) is 12.8 Å². The van der Waals surface area contributed by atoms with Gasteiger partial charge in [-0.2, -0.15) is 0 Å². The number of nitrogens with one attached hydrogen (secondary N) is 1. The van der Waals surface area contributed by atoms with Gasteiger partial charge in [-0.25, -0.2) is 0 Å². The van der Waals surface area contributed by atoms with Crippen molar-refractivity contribution in [3.8, 4) is 0 Å². The Hall–Kier alpha value is -0.650. The van der Waals surface area contributed by atoms with Gasteiger partial charge in [-0.05, 0) is 13.3 Å². The van der Waals surface area contributed by atoms with Gasteiger partial charge in [0.05, 0.1) is 12.1 Å². The summed E-state index contributed by atoms with van der Waals surface area (Å²) in [5, 5.41) is 3.26. The van der Waals surface area contributed by atoms with Crippen LogP contribution < -0.4 is 5.32 Å². The molecule has 0 spiro atoms. The number of carbonyl (C=O) groups excluding carboxylic acids is 1. The van der Waals surface area contributed by atoms with Gasteiger partial charge in [0.25, 0.3) is 0 Å². The van der Waals surface area contributed by atoms with Crippen LogP contribution in [0.4, 0.5) is 0 Å². The maximum absolute atomic E-state index is 11.2. The summed E-state index contributed by atoms with van der Waals surface area (Å²) in [6.45, 7) is 7.50. The van der Waals surface area contributed by atoms with Gasteiger partial charge in [-0.3, -0.25) is 10.1 Å². The number of carbonyl (C=O) groups is 1. The van der Waals surface area contributed by atoms with Crippen LogP contribution in [0.3, 0.4) is 0 Å². The number of hydrogen-bond donors (Lipinski definition) is 1. The quantitative estimate of drug-likeness (QED) is 0.734. The van der Waals surface area contributed by atoms with Gasteiger partial charge < -0.3 is 14.2 Å². The van der Waals surface area contributed by atoms with E-state index in [0.717, 1.165) is 6.42 Å². The fourth-order valence-corrected chi connectivity index (χ4v) is 2.72. The number of fused-ring (bicyclic) bond motifs is 1. The van der Waals surface area contributed by atoms with Crippen LogP contribution in [0, 0.1) is 5.92 Å². The topological polar surface area (TPSA) is 56.8 Å². The van der Waals surface area contributed by atoms with E-state index in [1.54, 1.807) is 0 Å². The Kier molecular flexibility index (Phi) is 3.70. The van der Waals surface area contributed by atoms with Gasteiger partial charge in [0.15, 0.2) is 6.29 Å². The van der Waals surface area contributed by atoms with Gasteiger partial charge in [0.2, 0.25) is 0 Å². The molecule has 0 aromatic heterocycles. The Labute approximate surface area is 102 Å². The minimum atomic E-state index is -0.310. The molecule has 6 atom stereocenters. The molecule has 2 saturated heterocycles. The maximum atomic E-state index is 11.2. The number of rotatable bonds is 2. The van der Waals surface area contributed by atoms with Crippen LogP contribution in [0.1, 0.15) is 34.1 Å². The predicted octanol–water partition coefficient (Wildman–Crippen LogP) is 1.02. The minimum Gasteiger partial charge on any atom is -0.460 e. The number of hydrogen-bond acceptors (Lipinski definition) is 5. The van der Waals surface area contributed by atoms with Crippen LogP contribution in [-0.2, 0) is 19.0 Å². The van der Waals surface area contributed by atoms with E-state index in [0.29, 0.717) is 0 Å². The largest absolute Gasteiger partial charge is 0.460 e. The Balaban J connectivity index is 2.15. The molecule has 1 N–H and O–H groups in total. The summed E-state index contributed by atoms with van der Waals surface area (Å²) in [6.07, 6.45) is 0.412. The number of ether oxygens (including phenoxy) is 3. The SMILES string of the molecule is CCC1O[C@H]2OC(C)NC2C(OC(C)=O)[C@H]1C. The third-order valence-corrected chi connectivity index (χ3v) is 3.53. The standard InChI is InChI=1S/C12H21NO4/c1-5-9-6(2)11(16-8(4)14)10-12(17-9)15-7(3)13-10/h6-7,9-13H,5H2,1-4H3/t6-,7?,9?,10?,11?,12+/m0/s1. The van der Waals surface area contributed by atoms with Gasteiger partial charge in [-0.1, -0.05) is 13.8 Å². The highest BCUT2D eigenvalue weighted by atomic mass is 16.7. The van der Waals surface area contributed by atoms with E-state index >= 15 is 0 Å². The van der Waals surface area contributed by atoms with Crippen LogP contribution in [0.2, 0.25) is 0 Å². The molecule has 5 nitrogen and oxygen atoms in total. The molecule has 0 aromatic carbocycles. The van der Waals surface area contributed by atoms with Crippen molar-refractivity contribution in [2.24, 2.45) is 5.92 Å². The maximum Gasteiger partial charge on any atom is 0.302 e. The van der Waals surface area contributed by atoms with Crippen molar-refractivity contribution in [1.29, 1.82) is 0 Å². The lowest BCUT2D eigenvalue weighted by molar-refractivity contribution is -0.228. The summed E-state index contributed by atoms with van der Waals surface area (Å²) in [7, 11) is 0. The second kappa shape index (κ2) is 4.92. The highest BCUT2D eigenvalue weighted by Gasteiger charge is 2.49. The molecular formula is C12H21NO4. The fourth-order valence-electron chi connectivity index (χ4n) is 2.72. The minimum absolute atomic E-state index is 0.0632. The lowest BCUT2D eigenvalue weighted by Crippen LogP contribution is -2.57. The zero-order chi connectivity index (χ0) is 12.6. The van der Waals surface area contributed by atoms with Crippen molar-refractivity contribution in [2.45, 2.75) is 64.9 Å². The van der Waals surface area contributed by atoms with Crippen molar-refractivity contribution >= 4 is 5.97 Å². The summed E-state index contributed by atoms with van der Waals surface area (Å²) >= 11 is 0. The molecule has 0 aromatic rings. The van der Waals surface area contributed by atoms with Gasteiger partial charge in [0.1, 0.15) is 12.3 Å². The molecule has 0 saturated carbocycles. The summed E-state index contributed by atoms with van der Waals surface area (Å²) < 4.78 is 16.9. The molecule has 0 radical (unpaired) electrons. The zero-order valence-electron chi connectivity index (χ0n) is 10.8. The molecule has 2 aliphatic heterocycles. The van der Waals surface area contributed by atoms with E-state index in [-0.39, 0.29) is 42.7 Å². The Bertz CT molecular complexity index is 296. The zero-order valence-corrected chi connectivity index (χ0v) is 10.8. The average Bonchev–Trinajstić information content (AvgIpc) is 2.62. The summed E-state index contributed by atoms with van der Waals surface area (Å²) in [5.41, 5.74) is 0. The molecule has 2 rings (SSSR count). The molecule has 2 aliphatic rings. The molecule has 2 heterocycles. The third kappa shape index (κ3) is 2.46. The van der Waals surface area contributed by atoms with Crippen LogP contribution in [-0.4, -0.2) is 36.7 Å². The summed E-state index contributed by atoms with van der Waals surface area (Å²) in [5.74, 6) is -0.0785. The van der Waals surface area contributed by atoms with E-state index in [4.69, 9.17) is 14.2 Å². The van der Waals surface area contributed by atoms with E-state index in [2.05, 4.69) is 19.2 Å². The smallest absolute Gasteiger partial charge is 0.302 e. The van der Waals surface area contributed by atoms with Crippen molar-refractivity contribution in [1.82, 2.24) is 5.32 Å². The van der Waals surface area contributed by atoms with E-state index < -0.39 is 0 Å². The monoisotopic (exact) mass is 243 g/mol. The normalized spacial score (nSPS) is 45.4. The van der Waals surface area contributed by atoms with Gasteiger partial charge >= 0.3 is 5.97 Å². The second-order valence-corrected chi connectivity index (χ2v) is 4.86. The Morgan fingerprint density at radius 3 is 2.65 bits per heavy atom. The molecule has 17 heavy (non-hydrogen) atoms. The van der Waals surface area contributed by atoms with Crippen molar-refractivity contribution in [3.63, 3.8) is 0 Å². The van der Waals surface area contributed by atoms with Crippen LogP contribution in [0.25, 0.3) is 0 Å². The van der Waals surface area contributed by atoms with E-state index in [1.807, 2.05) is 6.92 Å². The summed E-state index contributed by atoms with van der Waals surface area (Å²) in [4.78, 5) is 11.2. The molecule has 4 unspecified atom stereocenters. The second-order valence-electron chi connectivity index (χ2n) is 4.86. The van der Waals surface area contributed by atoms with Crippen LogP contribution >= 0.6 is 0 Å². The predicted molar refractivity (Wildman–Crippen MR) is 61.1 cm³/mol. The fraction of sp³-hybridized carbons (Fsp3) is 0.917. The lowest BCUT2D eigenvalue weighted by atomic mass is 9.88. The molecule has 98 valence electrons. The van der Waals surface area contributed by atoms with Crippen molar-refractivity contribution in [3.05, 3.63) is 0 Å². The van der Waals surface area contributed by atoms with Crippen LogP contribution in [0.15, 0.2) is 0 Å². The molecule has 2 fully saturated rings. The molecule has 0 aliphatic carbocycles. The van der Waals surface area contributed by atoms with Crippen LogP contribution in [0.5, 0.6) is 0 Å². The molecule has 0 amide bonds. The average molecular weight is 243 g/mol. The Morgan fingerprint density at radius 1 is 1.35 bits per heavy atom. The Morgan fingerprint density at radius 2 is 2.06 bits per heavy atom. The van der Waals surface area contributed by atoms with Crippen molar-refractivity contribution in [2.75, 3.05) is 0 Å². The van der Waals surface area contributed by atoms with Crippen molar-refractivity contribution < 1.29 is 19.0 Å². The highest BCUT2D eigenvalue weighted by Crippen LogP contribution is 2.33. The van der Waals surface area contributed by atoms with E-state index in [1.165, 1.54) is 6.92 Å². The first-order valence-electron chi connectivity index (χ1n) is 6.27. The van der Waals surface area contributed by atoms with Gasteiger partial charge in [-0.15, -0.1) is 0 Å². The summed E-state index contributed by atoms with van der Waals surface area (Å²) in [6, 6.07) is -0.0632. The molecule has 0 bridgehead atoms. The first-order chi connectivity index (χ1) is 8.02. The molecular weight excluding hydrogens is 222 g/mol. The third-order valence-electron chi connectivity index (χ3n) is 3.53. The lowest BCUT2D eigenvalue weighted by Gasteiger charge is -2.41. The van der Waals surface area contributed by atoms with E-state index in [9.17, 15) is 4.79 Å². The first kappa shape index (κ1) is 12.8. The first-order valence-corrected chi connectivity index (χ1v) is 6.27. The molecule has 5 heteroatoms. The highest BCUT2D eigenvalue weighted by molar-refractivity contribution is 5.66.